The lowest BCUT2D eigenvalue weighted by atomic mass is 9.93. The summed E-state index contributed by atoms with van der Waals surface area (Å²) in [6.45, 7) is 3.88. The molecule has 0 aromatic heterocycles. The molecule has 42 heavy (non-hydrogen) atoms. The number of hydrogen-bond acceptors (Lipinski definition) is 4. The maximum Gasteiger partial charge on any atom is 0.178 e. The second-order valence-corrected chi connectivity index (χ2v) is 14.9. The molecule has 4 nitrogen and oxygen atoms in total. The highest BCUT2D eigenvalue weighted by molar-refractivity contribution is 7.91. The van der Waals surface area contributed by atoms with E-state index in [0.717, 1.165) is 44.5 Å². The first-order valence-corrected chi connectivity index (χ1v) is 17.3. The van der Waals surface area contributed by atoms with Crippen LogP contribution in [0.2, 0.25) is 0 Å². The molecule has 5 aromatic rings. The van der Waals surface area contributed by atoms with Crippen molar-refractivity contribution in [1.29, 1.82) is 0 Å². The molecule has 0 spiro atoms. The normalized spacial score (nSPS) is 11.9. The average molecular weight is 595 g/mol. The van der Waals surface area contributed by atoms with Gasteiger partial charge in [-0.05, 0) is 84.3 Å². The minimum Gasteiger partial charge on any atom is -0.224 e. The zero-order chi connectivity index (χ0) is 29.7. The first kappa shape index (κ1) is 29.5. The third-order valence-electron chi connectivity index (χ3n) is 7.54. The van der Waals surface area contributed by atoms with E-state index < -0.39 is 19.7 Å². The van der Waals surface area contributed by atoms with Crippen molar-refractivity contribution in [3.8, 4) is 22.3 Å². The number of sulfone groups is 2. The van der Waals surface area contributed by atoms with Gasteiger partial charge in [-0.15, -0.1) is 0 Å². The van der Waals surface area contributed by atoms with Crippen LogP contribution in [0.3, 0.4) is 0 Å². The molecular weight excluding hydrogens is 561 g/mol. The van der Waals surface area contributed by atoms with E-state index in [1.165, 1.54) is 0 Å². The summed E-state index contributed by atoms with van der Waals surface area (Å²) in [5.74, 6) is 0.120. The smallest absolute Gasteiger partial charge is 0.178 e. The fourth-order valence-corrected chi connectivity index (χ4v) is 7.50. The molecular formula is C36H34O4S2. The van der Waals surface area contributed by atoms with Crippen LogP contribution in [0.5, 0.6) is 0 Å². The third-order valence-corrected chi connectivity index (χ3v) is 11.0. The lowest BCUT2D eigenvalue weighted by Gasteiger charge is -2.12. The van der Waals surface area contributed by atoms with Crippen molar-refractivity contribution < 1.29 is 16.8 Å². The van der Waals surface area contributed by atoms with Crippen molar-refractivity contribution in [2.45, 2.75) is 36.5 Å². The standard InChI is InChI=1S/C36H34O4S2/c1-27-7-19-33(20-8-27)41(37,38)25-23-29-11-15-31(16-12-29)35-5-3-4-6-36(35)32-17-13-30(14-18-32)24-26-42(39,40)34-21-9-28(2)10-22-34/h3-22H,23-26H2,1-2H3. The van der Waals surface area contributed by atoms with E-state index in [4.69, 9.17) is 0 Å². The first-order chi connectivity index (χ1) is 20.1. The van der Waals surface area contributed by atoms with Gasteiger partial charge >= 0.3 is 0 Å². The summed E-state index contributed by atoms with van der Waals surface area (Å²) < 4.78 is 51.1. The predicted octanol–water partition coefficient (Wildman–Crippen LogP) is 7.67. The maximum absolute atomic E-state index is 12.8. The summed E-state index contributed by atoms with van der Waals surface area (Å²) in [4.78, 5) is 0.718. The molecule has 0 aliphatic carbocycles. The van der Waals surface area contributed by atoms with E-state index in [1.54, 1.807) is 24.3 Å². The molecule has 0 radical (unpaired) electrons. The van der Waals surface area contributed by atoms with Gasteiger partial charge < -0.3 is 0 Å². The van der Waals surface area contributed by atoms with E-state index in [9.17, 15) is 16.8 Å². The molecule has 0 amide bonds. The van der Waals surface area contributed by atoms with Gasteiger partial charge in [-0.25, -0.2) is 16.8 Å². The number of aryl methyl sites for hydroxylation is 4. The molecule has 5 rings (SSSR count). The predicted molar refractivity (Wildman–Crippen MR) is 171 cm³/mol. The number of benzene rings is 5. The molecule has 0 bridgehead atoms. The molecule has 0 saturated carbocycles. The summed E-state index contributed by atoms with van der Waals surface area (Å²) in [5.41, 5.74) is 8.24. The van der Waals surface area contributed by atoms with Crippen LogP contribution < -0.4 is 0 Å². The largest absolute Gasteiger partial charge is 0.224 e. The Morgan fingerprint density at radius 2 is 0.762 bits per heavy atom. The second-order valence-electron chi connectivity index (χ2n) is 10.7. The lowest BCUT2D eigenvalue weighted by Crippen LogP contribution is -2.09. The summed E-state index contributed by atoms with van der Waals surface area (Å²) in [7, 11) is -6.69. The molecule has 0 fully saturated rings. The Kier molecular flexibility index (Phi) is 8.76. The Morgan fingerprint density at radius 3 is 1.10 bits per heavy atom. The van der Waals surface area contributed by atoms with Crippen molar-refractivity contribution >= 4 is 19.7 Å². The van der Waals surface area contributed by atoms with Gasteiger partial charge in [0.15, 0.2) is 19.7 Å². The van der Waals surface area contributed by atoms with E-state index >= 15 is 0 Å². The van der Waals surface area contributed by atoms with E-state index in [1.807, 2.05) is 98.8 Å². The molecule has 0 atom stereocenters. The second kappa shape index (κ2) is 12.5. The summed E-state index contributed by atoms with van der Waals surface area (Å²) >= 11 is 0. The van der Waals surface area contributed by atoms with Gasteiger partial charge in [-0.1, -0.05) is 108 Å². The van der Waals surface area contributed by atoms with Gasteiger partial charge in [-0.2, -0.15) is 0 Å². The third kappa shape index (κ3) is 7.07. The molecule has 5 aromatic carbocycles. The highest BCUT2D eigenvalue weighted by Gasteiger charge is 2.16. The van der Waals surface area contributed by atoms with Gasteiger partial charge in [0.1, 0.15) is 0 Å². The summed E-state index contributed by atoms with van der Waals surface area (Å²) in [6.07, 6.45) is 0.887. The molecule has 0 aliphatic rings. The van der Waals surface area contributed by atoms with Crippen molar-refractivity contribution in [3.63, 3.8) is 0 Å². The maximum atomic E-state index is 12.8. The van der Waals surface area contributed by atoms with Crippen LogP contribution >= 0.6 is 0 Å². The Bertz CT molecular complexity index is 1730. The van der Waals surface area contributed by atoms with Crippen LogP contribution in [0.1, 0.15) is 22.3 Å². The molecule has 0 N–H and O–H groups in total. The van der Waals surface area contributed by atoms with Gasteiger partial charge in [0, 0.05) is 0 Å². The molecule has 0 unspecified atom stereocenters. The van der Waals surface area contributed by atoms with Crippen LogP contribution in [0.25, 0.3) is 22.3 Å². The van der Waals surface area contributed by atoms with E-state index in [2.05, 4.69) is 12.1 Å². The Hall–Kier alpha value is -4.00. The van der Waals surface area contributed by atoms with Gasteiger partial charge in [0.25, 0.3) is 0 Å². The monoisotopic (exact) mass is 594 g/mol. The Morgan fingerprint density at radius 1 is 0.429 bits per heavy atom. The van der Waals surface area contributed by atoms with E-state index in [-0.39, 0.29) is 11.5 Å². The zero-order valence-corrected chi connectivity index (χ0v) is 25.5. The first-order valence-electron chi connectivity index (χ1n) is 14.0. The van der Waals surface area contributed by atoms with Gasteiger partial charge in [0.05, 0.1) is 21.3 Å². The topological polar surface area (TPSA) is 68.3 Å². The highest BCUT2D eigenvalue weighted by atomic mass is 32.2. The summed E-state index contributed by atoms with van der Waals surface area (Å²) in [6, 6.07) is 38.3. The minimum absolute atomic E-state index is 0.0602. The SMILES string of the molecule is Cc1ccc(S(=O)(=O)CCc2ccc(-c3ccccc3-c3ccc(CCS(=O)(=O)c4ccc(C)cc4)cc3)cc2)cc1. The molecule has 0 heterocycles. The summed E-state index contributed by atoms with van der Waals surface area (Å²) in [5, 5.41) is 0. The molecule has 0 aliphatic heterocycles. The van der Waals surface area contributed by atoms with Crippen molar-refractivity contribution in [2.24, 2.45) is 0 Å². The van der Waals surface area contributed by atoms with Crippen LogP contribution in [-0.4, -0.2) is 28.3 Å². The quantitative estimate of drug-likeness (QED) is 0.166. The van der Waals surface area contributed by atoms with Crippen molar-refractivity contribution in [1.82, 2.24) is 0 Å². The van der Waals surface area contributed by atoms with Crippen LogP contribution in [-0.2, 0) is 32.5 Å². The number of hydrogen-bond donors (Lipinski definition) is 0. The van der Waals surface area contributed by atoms with Crippen molar-refractivity contribution in [2.75, 3.05) is 11.5 Å². The highest BCUT2D eigenvalue weighted by Crippen LogP contribution is 2.32. The molecule has 0 saturated heterocycles. The van der Waals surface area contributed by atoms with Gasteiger partial charge in [0.2, 0.25) is 0 Å². The van der Waals surface area contributed by atoms with Crippen molar-refractivity contribution in [3.05, 3.63) is 144 Å². The van der Waals surface area contributed by atoms with Gasteiger partial charge in [-0.3, -0.25) is 0 Å². The fourth-order valence-electron chi connectivity index (χ4n) is 4.92. The van der Waals surface area contributed by atoms with Crippen LogP contribution in [0, 0.1) is 13.8 Å². The fraction of sp³-hybridized carbons (Fsp3) is 0.167. The molecule has 214 valence electrons. The number of rotatable bonds is 10. The van der Waals surface area contributed by atoms with E-state index in [0.29, 0.717) is 22.6 Å². The van der Waals surface area contributed by atoms with Crippen LogP contribution in [0.15, 0.2) is 131 Å². The Balaban J connectivity index is 1.27. The molecule has 6 heteroatoms. The lowest BCUT2D eigenvalue weighted by molar-refractivity contribution is 0.593. The minimum atomic E-state index is -3.35. The van der Waals surface area contributed by atoms with Crippen LogP contribution in [0.4, 0.5) is 0 Å². The Labute approximate surface area is 249 Å². The average Bonchev–Trinajstić information content (AvgIpc) is 3.00. The zero-order valence-electron chi connectivity index (χ0n) is 23.8.